The molecule has 3 aromatic rings. The van der Waals surface area contributed by atoms with Gasteiger partial charge in [-0.15, -0.1) is 0 Å². The van der Waals surface area contributed by atoms with Gasteiger partial charge in [-0.3, -0.25) is 14.6 Å². The predicted molar refractivity (Wildman–Crippen MR) is 123 cm³/mol. The summed E-state index contributed by atoms with van der Waals surface area (Å²) in [5, 5.41) is 18.0. The number of carbonyl (C=O) groups excluding carboxylic acids is 2. The normalized spacial score (nSPS) is 15.7. The second-order valence-electron chi connectivity index (χ2n) is 7.62. The van der Waals surface area contributed by atoms with E-state index >= 15 is 0 Å². The average Bonchev–Trinajstić information content (AvgIpc) is 3.19. The first kappa shape index (κ1) is 22.1. The van der Waals surface area contributed by atoms with Crippen LogP contribution in [0.5, 0.6) is 5.75 Å². The molecule has 10 heteroatoms. The van der Waals surface area contributed by atoms with Crippen molar-refractivity contribution < 1.29 is 14.7 Å². The molecule has 3 N–H and O–H groups in total. The minimum atomic E-state index is -0.551. The molecule has 3 heterocycles. The Morgan fingerprint density at radius 2 is 2.00 bits per heavy atom. The van der Waals surface area contributed by atoms with E-state index in [1.165, 1.54) is 6.92 Å². The first-order chi connectivity index (χ1) is 15.3. The van der Waals surface area contributed by atoms with Gasteiger partial charge in [0.05, 0.1) is 0 Å². The van der Waals surface area contributed by atoms with Crippen molar-refractivity contribution in [2.45, 2.75) is 25.9 Å². The molecule has 0 bridgehead atoms. The molecule has 1 aromatic carbocycles. The summed E-state index contributed by atoms with van der Waals surface area (Å²) in [4.78, 5) is 35.1. The van der Waals surface area contributed by atoms with Crippen LogP contribution in [-0.4, -0.2) is 46.0 Å². The molecule has 4 rings (SSSR count). The van der Waals surface area contributed by atoms with Gasteiger partial charge >= 0.3 is 0 Å². The molecule has 1 unspecified atom stereocenters. The molecule has 2 aromatic heterocycles. The van der Waals surface area contributed by atoms with E-state index < -0.39 is 5.91 Å². The zero-order chi connectivity index (χ0) is 22.8. The summed E-state index contributed by atoms with van der Waals surface area (Å²) in [5.41, 5.74) is 0.880. The standard InChI is InChI=1S/C22H21Cl2N5O3/c1-12(30)27-16-4-6-29(11-16)21-17-3-2-5-25-18(17)20(31)19(28-21)22(32)26-10-13-7-14(23)9-15(24)8-13/h2-3,5,7-9,16,31H,4,6,10-11H2,1H3,(H,26,32)(H,27,30). The monoisotopic (exact) mass is 473 g/mol. The molecule has 1 fully saturated rings. The van der Waals surface area contributed by atoms with E-state index in [2.05, 4.69) is 20.6 Å². The smallest absolute Gasteiger partial charge is 0.274 e. The maximum Gasteiger partial charge on any atom is 0.274 e. The van der Waals surface area contributed by atoms with Crippen LogP contribution in [0.15, 0.2) is 36.5 Å². The van der Waals surface area contributed by atoms with E-state index in [-0.39, 0.29) is 35.5 Å². The lowest BCUT2D eigenvalue weighted by Crippen LogP contribution is -2.36. The molecule has 1 aliphatic rings. The SMILES string of the molecule is CC(=O)NC1CCN(c2nc(C(=O)NCc3cc(Cl)cc(Cl)c3)c(O)c3ncccc23)C1. The van der Waals surface area contributed by atoms with Crippen molar-refractivity contribution in [3.05, 3.63) is 57.8 Å². The van der Waals surface area contributed by atoms with E-state index in [1.54, 1.807) is 36.5 Å². The van der Waals surface area contributed by atoms with E-state index in [0.717, 1.165) is 6.42 Å². The molecule has 166 valence electrons. The molecule has 1 atom stereocenters. The van der Waals surface area contributed by atoms with Gasteiger partial charge in [0, 0.05) is 54.2 Å². The molecular weight excluding hydrogens is 453 g/mol. The first-order valence-corrected chi connectivity index (χ1v) is 10.8. The highest BCUT2D eigenvalue weighted by atomic mass is 35.5. The molecule has 0 saturated carbocycles. The highest BCUT2D eigenvalue weighted by molar-refractivity contribution is 6.34. The number of nitrogens with one attached hydrogen (secondary N) is 2. The Morgan fingerprint density at radius 1 is 1.25 bits per heavy atom. The van der Waals surface area contributed by atoms with Crippen LogP contribution in [0, 0.1) is 0 Å². The van der Waals surface area contributed by atoms with Gasteiger partial charge in [0.1, 0.15) is 11.3 Å². The van der Waals surface area contributed by atoms with Crippen LogP contribution >= 0.6 is 23.2 Å². The molecule has 1 saturated heterocycles. The van der Waals surface area contributed by atoms with Crippen LogP contribution in [-0.2, 0) is 11.3 Å². The number of amides is 2. The number of pyridine rings is 2. The number of anilines is 1. The topological polar surface area (TPSA) is 107 Å². The molecule has 32 heavy (non-hydrogen) atoms. The number of hydrogen-bond acceptors (Lipinski definition) is 6. The Labute approximate surface area is 194 Å². The van der Waals surface area contributed by atoms with Gasteiger partial charge in [-0.2, -0.15) is 0 Å². The quantitative estimate of drug-likeness (QED) is 0.524. The first-order valence-electron chi connectivity index (χ1n) is 10.0. The van der Waals surface area contributed by atoms with E-state index in [9.17, 15) is 14.7 Å². The Bertz CT molecular complexity index is 1180. The fourth-order valence-electron chi connectivity index (χ4n) is 3.84. The minimum absolute atomic E-state index is 0.0142. The summed E-state index contributed by atoms with van der Waals surface area (Å²) < 4.78 is 0. The van der Waals surface area contributed by atoms with Crippen molar-refractivity contribution in [2.75, 3.05) is 18.0 Å². The molecule has 0 aliphatic carbocycles. The van der Waals surface area contributed by atoms with Crippen molar-refractivity contribution in [1.29, 1.82) is 0 Å². The second kappa shape index (κ2) is 9.18. The van der Waals surface area contributed by atoms with Gasteiger partial charge in [-0.1, -0.05) is 23.2 Å². The number of rotatable bonds is 5. The largest absolute Gasteiger partial charge is 0.504 e. The van der Waals surface area contributed by atoms with Crippen LogP contribution in [0.2, 0.25) is 10.0 Å². The lowest BCUT2D eigenvalue weighted by molar-refractivity contribution is -0.119. The van der Waals surface area contributed by atoms with Gasteiger partial charge < -0.3 is 20.6 Å². The average molecular weight is 474 g/mol. The Hall–Kier alpha value is -3.10. The van der Waals surface area contributed by atoms with Gasteiger partial charge in [0.15, 0.2) is 11.4 Å². The molecule has 0 spiro atoms. The second-order valence-corrected chi connectivity index (χ2v) is 8.50. The van der Waals surface area contributed by atoms with E-state index in [0.29, 0.717) is 39.9 Å². The number of fused-ring (bicyclic) bond motifs is 1. The molecule has 0 radical (unpaired) electrons. The van der Waals surface area contributed by atoms with Crippen molar-refractivity contribution in [3.63, 3.8) is 0 Å². The zero-order valence-electron chi connectivity index (χ0n) is 17.2. The number of carbonyl (C=O) groups is 2. The van der Waals surface area contributed by atoms with Crippen LogP contribution in [0.25, 0.3) is 10.9 Å². The number of benzene rings is 1. The number of aromatic hydroxyl groups is 1. The Kier molecular flexibility index (Phi) is 6.34. The lowest BCUT2D eigenvalue weighted by atomic mass is 10.1. The fraction of sp³-hybridized carbons (Fsp3) is 0.273. The highest BCUT2D eigenvalue weighted by Crippen LogP contribution is 2.34. The van der Waals surface area contributed by atoms with Crippen molar-refractivity contribution in [2.24, 2.45) is 0 Å². The van der Waals surface area contributed by atoms with E-state index in [4.69, 9.17) is 23.2 Å². The Morgan fingerprint density at radius 3 is 2.72 bits per heavy atom. The van der Waals surface area contributed by atoms with Crippen LogP contribution in [0.4, 0.5) is 5.82 Å². The van der Waals surface area contributed by atoms with Crippen LogP contribution in [0.3, 0.4) is 0 Å². The van der Waals surface area contributed by atoms with Crippen LogP contribution in [0.1, 0.15) is 29.4 Å². The van der Waals surface area contributed by atoms with E-state index in [1.807, 2.05) is 4.90 Å². The third-order valence-electron chi connectivity index (χ3n) is 5.20. The summed E-state index contributed by atoms with van der Waals surface area (Å²) in [6, 6.07) is 8.53. The third-order valence-corrected chi connectivity index (χ3v) is 5.64. The summed E-state index contributed by atoms with van der Waals surface area (Å²) in [6.07, 6.45) is 2.30. The van der Waals surface area contributed by atoms with Crippen molar-refractivity contribution >= 4 is 51.7 Å². The summed E-state index contributed by atoms with van der Waals surface area (Å²) in [6.45, 7) is 2.83. The number of hydrogen-bond donors (Lipinski definition) is 3. The van der Waals surface area contributed by atoms with Gasteiger partial charge in [-0.25, -0.2) is 4.98 Å². The molecule has 1 aliphatic heterocycles. The van der Waals surface area contributed by atoms with Crippen LogP contribution < -0.4 is 15.5 Å². The number of aromatic nitrogens is 2. The maximum absolute atomic E-state index is 12.9. The van der Waals surface area contributed by atoms with Crippen molar-refractivity contribution in [1.82, 2.24) is 20.6 Å². The highest BCUT2D eigenvalue weighted by Gasteiger charge is 2.28. The predicted octanol–water partition coefficient (Wildman–Crippen LogP) is 3.29. The summed E-state index contributed by atoms with van der Waals surface area (Å²) >= 11 is 12.0. The third kappa shape index (κ3) is 4.71. The maximum atomic E-state index is 12.9. The molecule has 2 amide bonds. The van der Waals surface area contributed by atoms with Gasteiger partial charge in [0.25, 0.3) is 5.91 Å². The number of halogens is 2. The minimum Gasteiger partial charge on any atom is -0.504 e. The fourth-order valence-corrected chi connectivity index (χ4v) is 4.41. The van der Waals surface area contributed by atoms with Gasteiger partial charge in [0.2, 0.25) is 5.91 Å². The summed E-state index contributed by atoms with van der Waals surface area (Å²) in [7, 11) is 0. The van der Waals surface area contributed by atoms with Gasteiger partial charge in [-0.05, 0) is 42.3 Å². The Balaban J connectivity index is 1.63. The van der Waals surface area contributed by atoms with Crippen molar-refractivity contribution in [3.8, 4) is 5.75 Å². The molecule has 8 nitrogen and oxygen atoms in total. The summed E-state index contributed by atoms with van der Waals surface area (Å²) in [5.74, 6) is -0.397. The number of nitrogens with zero attached hydrogens (tertiary/aromatic N) is 3. The zero-order valence-corrected chi connectivity index (χ0v) is 18.7. The molecular formula is C22H21Cl2N5O3. The lowest BCUT2D eigenvalue weighted by Gasteiger charge is -2.21.